The number of pyridine rings is 1. The van der Waals surface area contributed by atoms with Crippen LogP contribution in [-0.2, 0) is 16.1 Å². The standard InChI is InChI=1S/C17H26N4O2/c1-13(17(18)23)4-5-16(22)20-15-6-9-21(10-7-15)12-14-3-2-8-19-11-14/h2-3,8,11,13,15H,4-7,9-10,12H2,1H3,(H2,18,23)(H,20,22)/t13-/m0/s1. The Kier molecular flexibility index (Phi) is 6.52. The summed E-state index contributed by atoms with van der Waals surface area (Å²) >= 11 is 0. The van der Waals surface area contributed by atoms with Gasteiger partial charge in [-0.25, -0.2) is 0 Å². The van der Waals surface area contributed by atoms with Crippen molar-refractivity contribution >= 4 is 11.8 Å². The van der Waals surface area contributed by atoms with Crippen molar-refractivity contribution in [3.05, 3.63) is 30.1 Å². The summed E-state index contributed by atoms with van der Waals surface area (Å²) in [6, 6.07) is 4.27. The van der Waals surface area contributed by atoms with E-state index in [9.17, 15) is 9.59 Å². The first-order chi connectivity index (χ1) is 11.0. The monoisotopic (exact) mass is 318 g/mol. The van der Waals surface area contributed by atoms with Crippen LogP contribution in [-0.4, -0.2) is 40.8 Å². The summed E-state index contributed by atoms with van der Waals surface area (Å²) in [4.78, 5) is 29.4. The van der Waals surface area contributed by atoms with Crippen molar-refractivity contribution in [3.63, 3.8) is 0 Å². The van der Waals surface area contributed by atoms with Gasteiger partial charge in [0.2, 0.25) is 11.8 Å². The minimum absolute atomic E-state index is 0.0174. The molecule has 0 saturated carbocycles. The van der Waals surface area contributed by atoms with E-state index in [1.54, 1.807) is 13.1 Å². The summed E-state index contributed by atoms with van der Waals surface area (Å²) in [6.07, 6.45) is 6.47. The van der Waals surface area contributed by atoms with Crippen molar-refractivity contribution in [2.45, 2.75) is 45.2 Å². The van der Waals surface area contributed by atoms with Gasteiger partial charge < -0.3 is 11.1 Å². The Morgan fingerprint density at radius 2 is 2.17 bits per heavy atom. The van der Waals surface area contributed by atoms with Crippen molar-refractivity contribution in [2.75, 3.05) is 13.1 Å². The number of hydrogen-bond acceptors (Lipinski definition) is 4. The van der Waals surface area contributed by atoms with Gasteiger partial charge in [-0.15, -0.1) is 0 Å². The van der Waals surface area contributed by atoms with Crippen LogP contribution in [0, 0.1) is 5.92 Å². The fraction of sp³-hybridized carbons (Fsp3) is 0.588. The van der Waals surface area contributed by atoms with Gasteiger partial charge in [-0.1, -0.05) is 13.0 Å². The number of likely N-dealkylation sites (tertiary alicyclic amines) is 1. The van der Waals surface area contributed by atoms with Crippen LogP contribution in [0.25, 0.3) is 0 Å². The number of carbonyl (C=O) groups excluding carboxylic acids is 2. The molecule has 0 bridgehead atoms. The van der Waals surface area contributed by atoms with Crippen LogP contribution >= 0.6 is 0 Å². The van der Waals surface area contributed by atoms with Crippen LogP contribution in [0.4, 0.5) is 0 Å². The lowest BCUT2D eigenvalue weighted by Gasteiger charge is -2.32. The summed E-state index contributed by atoms with van der Waals surface area (Å²) < 4.78 is 0. The first kappa shape index (κ1) is 17.4. The third kappa shape index (κ3) is 5.98. The summed E-state index contributed by atoms with van der Waals surface area (Å²) in [7, 11) is 0. The van der Waals surface area contributed by atoms with E-state index in [2.05, 4.69) is 21.3 Å². The number of nitrogens with two attached hydrogens (primary N) is 1. The van der Waals surface area contributed by atoms with Crippen molar-refractivity contribution in [3.8, 4) is 0 Å². The van der Waals surface area contributed by atoms with E-state index in [0.717, 1.165) is 32.5 Å². The zero-order chi connectivity index (χ0) is 16.7. The van der Waals surface area contributed by atoms with E-state index in [4.69, 9.17) is 5.73 Å². The number of aromatic nitrogens is 1. The minimum Gasteiger partial charge on any atom is -0.369 e. The lowest BCUT2D eigenvalue weighted by molar-refractivity contribution is -0.123. The van der Waals surface area contributed by atoms with Gasteiger partial charge in [0, 0.05) is 50.4 Å². The maximum atomic E-state index is 11.9. The van der Waals surface area contributed by atoms with Gasteiger partial charge in [0.05, 0.1) is 0 Å². The molecule has 0 spiro atoms. The Balaban J connectivity index is 1.66. The van der Waals surface area contributed by atoms with E-state index >= 15 is 0 Å². The molecule has 0 unspecified atom stereocenters. The maximum Gasteiger partial charge on any atom is 0.220 e. The molecule has 1 aliphatic rings. The fourth-order valence-electron chi connectivity index (χ4n) is 2.77. The first-order valence-electron chi connectivity index (χ1n) is 8.24. The largest absolute Gasteiger partial charge is 0.369 e. The third-order valence-corrected chi connectivity index (χ3v) is 4.37. The van der Waals surface area contributed by atoms with Crippen molar-refractivity contribution < 1.29 is 9.59 Å². The predicted molar refractivity (Wildman–Crippen MR) is 88.3 cm³/mol. The van der Waals surface area contributed by atoms with Gasteiger partial charge in [0.15, 0.2) is 0 Å². The van der Waals surface area contributed by atoms with Gasteiger partial charge in [0.25, 0.3) is 0 Å². The summed E-state index contributed by atoms with van der Waals surface area (Å²) in [6.45, 7) is 4.60. The molecule has 0 aromatic carbocycles. The molecule has 1 aliphatic heterocycles. The van der Waals surface area contributed by atoms with Crippen molar-refractivity contribution in [1.29, 1.82) is 0 Å². The molecular formula is C17H26N4O2. The Hall–Kier alpha value is -1.95. The second-order valence-corrected chi connectivity index (χ2v) is 6.32. The zero-order valence-corrected chi connectivity index (χ0v) is 13.7. The molecular weight excluding hydrogens is 292 g/mol. The van der Waals surface area contributed by atoms with E-state index in [1.807, 2.05) is 12.3 Å². The van der Waals surface area contributed by atoms with E-state index < -0.39 is 0 Å². The topological polar surface area (TPSA) is 88.3 Å². The molecule has 6 nitrogen and oxygen atoms in total. The maximum absolute atomic E-state index is 11.9. The molecule has 0 aliphatic carbocycles. The molecule has 1 fully saturated rings. The Morgan fingerprint density at radius 1 is 1.43 bits per heavy atom. The summed E-state index contributed by atoms with van der Waals surface area (Å²) in [5.74, 6) is -0.576. The normalized spacial score (nSPS) is 17.6. The van der Waals surface area contributed by atoms with Crippen LogP contribution in [0.2, 0.25) is 0 Å². The Morgan fingerprint density at radius 3 is 2.78 bits per heavy atom. The van der Waals surface area contributed by atoms with Crippen LogP contribution in [0.5, 0.6) is 0 Å². The molecule has 2 rings (SSSR count). The van der Waals surface area contributed by atoms with Crippen LogP contribution in [0.1, 0.15) is 38.2 Å². The Bertz CT molecular complexity index is 513. The molecule has 2 amide bonds. The third-order valence-electron chi connectivity index (χ3n) is 4.37. The van der Waals surface area contributed by atoms with Gasteiger partial charge in [0.1, 0.15) is 0 Å². The lowest BCUT2D eigenvalue weighted by atomic mass is 10.0. The summed E-state index contributed by atoms with van der Waals surface area (Å²) in [5.41, 5.74) is 6.42. The molecule has 1 aromatic rings. The number of carbonyl (C=O) groups is 2. The number of rotatable bonds is 7. The quantitative estimate of drug-likeness (QED) is 0.787. The van der Waals surface area contributed by atoms with Crippen LogP contribution in [0.3, 0.4) is 0 Å². The van der Waals surface area contributed by atoms with Gasteiger partial charge in [-0.2, -0.15) is 0 Å². The molecule has 0 radical (unpaired) electrons. The van der Waals surface area contributed by atoms with Crippen LogP contribution < -0.4 is 11.1 Å². The second-order valence-electron chi connectivity index (χ2n) is 6.32. The van der Waals surface area contributed by atoms with E-state index in [-0.39, 0.29) is 23.8 Å². The molecule has 3 N–H and O–H groups in total. The number of nitrogens with zero attached hydrogens (tertiary/aromatic N) is 2. The van der Waals surface area contributed by atoms with Crippen molar-refractivity contribution in [2.24, 2.45) is 11.7 Å². The summed E-state index contributed by atoms with van der Waals surface area (Å²) in [5, 5.41) is 3.07. The van der Waals surface area contributed by atoms with Gasteiger partial charge in [-0.05, 0) is 30.9 Å². The van der Waals surface area contributed by atoms with Crippen LogP contribution in [0.15, 0.2) is 24.5 Å². The number of primary amides is 1. The van der Waals surface area contributed by atoms with Crippen molar-refractivity contribution in [1.82, 2.24) is 15.2 Å². The number of nitrogens with one attached hydrogen (secondary N) is 1. The molecule has 1 aromatic heterocycles. The fourth-order valence-corrected chi connectivity index (χ4v) is 2.77. The number of piperidine rings is 1. The highest BCUT2D eigenvalue weighted by atomic mass is 16.2. The highest BCUT2D eigenvalue weighted by Crippen LogP contribution is 2.14. The van der Waals surface area contributed by atoms with E-state index in [0.29, 0.717) is 12.8 Å². The molecule has 2 heterocycles. The molecule has 126 valence electrons. The number of amides is 2. The van der Waals surface area contributed by atoms with E-state index in [1.165, 1.54) is 5.56 Å². The average molecular weight is 318 g/mol. The zero-order valence-electron chi connectivity index (χ0n) is 13.7. The Labute approximate surface area is 137 Å². The molecule has 6 heteroatoms. The highest BCUT2D eigenvalue weighted by Gasteiger charge is 2.21. The van der Waals surface area contributed by atoms with Gasteiger partial charge in [-0.3, -0.25) is 19.5 Å². The first-order valence-corrected chi connectivity index (χ1v) is 8.24. The predicted octanol–water partition coefficient (Wildman–Crippen LogP) is 1.06. The second kappa shape index (κ2) is 8.62. The highest BCUT2D eigenvalue weighted by molar-refractivity contribution is 5.79. The number of hydrogen-bond donors (Lipinski definition) is 2. The molecule has 23 heavy (non-hydrogen) atoms. The minimum atomic E-state index is -0.346. The lowest BCUT2D eigenvalue weighted by Crippen LogP contribution is -2.44. The SMILES string of the molecule is C[C@@H](CCC(=O)NC1CCN(Cc2cccnc2)CC1)C(N)=O. The smallest absolute Gasteiger partial charge is 0.220 e. The average Bonchev–Trinajstić information content (AvgIpc) is 2.55. The molecule has 1 saturated heterocycles. The molecule has 1 atom stereocenters. The van der Waals surface area contributed by atoms with Gasteiger partial charge >= 0.3 is 0 Å².